The molecular formula is C33H47N3O5. The lowest BCUT2D eigenvalue weighted by molar-refractivity contribution is -0.158. The number of carbonyl (C=O) groups is 3. The van der Waals surface area contributed by atoms with Crippen molar-refractivity contribution in [2.45, 2.75) is 110 Å². The zero-order chi connectivity index (χ0) is 29.8. The summed E-state index contributed by atoms with van der Waals surface area (Å²) in [5.74, 6) is -0.0638. The van der Waals surface area contributed by atoms with Crippen LogP contribution in [0.4, 0.5) is 4.79 Å². The Labute approximate surface area is 245 Å². The van der Waals surface area contributed by atoms with E-state index in [0.717, 1.165) is 36.8 Å². The molecule has 1 fully saturated rings. The Morgan fingerprint density at radius 2 is 1.51 bits per heavy atom. The number of benzene rings is 2. The van der Waals surface area contributed by atoms with Gasteiger partial charge in [-0.15, -0.1) is 0 Å². The minimum atomic E-state index is -0.921. The van der Waals surface area contributed by atoms with Gasteiger partial charge in [-0.1, -0.05) is 75.6 Å². The topological polar surface area (TPSA) is 106 Å². The van der Waals surface area contributed by atoms with Crippen LogP contribution in [0.2, 0.25) is 0 Å². The van der Waals surface area contributed by atoms with Gasteiger partial charge in [-0.25, -0.2) is 9.59 Å². The molecule has 0 radical (unpaired) electrons. The fraction of sp³-hybridized carbons (Fsp3) is 0.545. The molecule has 0 unspecified atom stereocenters. The molecule has 3 N–H and O–H groups in total. The summed E-state index contributed by atoms with van der Waals surface area (Å²) >= 11 is 0. The van der Waals surface area contributed by atoms with Gasteiger partial charge < -0.3 is 25.4 Å². The summed E-state index contributed by atoms with van der Waals surface area (Å²) in [6.45, 7) is 9.82. The number of carbonyl (C=O) groups excluding carboxylic acids is 3. The summed E-state index contributed by atoms with van der Waals surface area (Å²) in [7, 11) is 0. The molecule has 2 atom stereocenters. The Kier molecular flexibility index (Phi) is 12.0. The van der Waals surface area contributed by atoms with Crippen LogP contribution in [0, 0.1) is 5.92 Å². The maximum atomic E-state index is 13.5. The maximum absolute atomic E-state index is 13.5. The van der Waals surface area contributed by atoms with E-state index in [1.54, 1.807) is 20.8 Å². The first-order valence-corrected chi connectivity index (χ1v) is 14.8. The number of nitrogens with one attached hydrogen (secondary N) is 3. The van der Waals surface area contributed by atoms with E-state index in [2.05, 4.69) is 16.0 Å². The zero-order valence-electron chi connectivity index (χ0n) is 25.2. The molecule has 0 spiro atoms. The van der Waals surface area contributed by atoms with Crippen molar-refractivity contribution in [1.29, 1.82) is 0 Å². The number of hydrogen-bond acceptors (Lipinski definition) is 5. The molecule has 2 aromatic carbocycles. The van der Waals surface area contributed by atoms with Crippen molar-refractivity contribution in [1.82, 2.24) is 16.0 Å². The molecule has 0 bridgehead atoms. The van der Waals surface area contributed by atoms with Gasteiger partial charge in [-0.3, -0.25) is 4.79 Å². The largest absolute Gasteiger partial charge is 0.489 e. The molecule has 1 aliphatic rings. The number of ether oxygens (including phenoxy) is 2. The normalized spacial score (nSPS) is 15.5. The molecule has 3 amide bonds. The van der Waals surface area contributed by atoms with Crippen LogP contribution in [0.1, 0.15) is 84.3 Å². The molecule has 1 saturated carbocycles. The summed E-state index contributed by atoms with van der Waals surface area (Å²) < 4.78 is 11.5. The number of rotatable bonds is 12. The van der Waals surface area contributed by atoms with Crippen molar-refractivity contribution >= 4 is 17.9 Å². The fourth-order valence-corrected chi connectivity index (χ4v) is 4.87. The Morgan fingerprint density at radius 3 is 2.12 bits per heavy atom. The van der Waals surface area contributed by atoms with Gasteiger partial charge in [0.15, 0.2) is 0 Å². The van der Waals surface area contributed by atoms with Crippen molar-refractivity contribution in [3.8, 4) is 5.75 Å². The summed E-state index contributed by atoms with van der Waals surface area (Å²) in [5, 5.41) is 8.75. The summed E-state index contributed by atoms with van der Waals surface area (Å²) in [6.07, 6.45) is 5.96. The quantitative estimate of drug-likeness (QED) is 0.287. The third-order valence-corrected chi connectivity index (χ3v) is 6.89. The van der Waals surface area contributed by atoms with Gasteiger partial charge in [0, 0.05) is 12.5 Å². The van der Waals surface area contributed by atoms with Crippen molar-refractivity contribution in [2.24, 2.45) is 5.92 Å². The van der Waals surface area contributed by atoms with Crippen LogP contribution in [0.5, 0.6) is 5.75 Å². The summed E-state index contributed by atoms with van der Waals surface area (Å²) in [6, 6.07) is 15.5. The van der Waals surface area contributed by atoms with Gasteiger partial charge in [0.05, 0.1) is 0 Å². The first-order valence-electron chi connectivity index (χ1n) is 14.8. The molecule has 0 aliphatic heterocycles. The minimum Gasteiger partial charge on any atom is -0.489 e. The fourth-order valence-electron chi connectivity index (χ4n) is 4.87. The van der Waals surface area contributed by atoms with Crippen LogP contribution in [0.3, 0.4) is 0 Å². The molecule has 0 aromatic heterocycles. The van der Waals surface area contributed by atoms with Gasteiger partial charge in [0.25, 0.3) is 0 Å². The van der Waals surface area contributed by atoms with Gasteiger partial charge in [-0.05, 0) is 69.2 Å². The molecular weight excluding hydrogens is 518 g/mol. The molecule has 0 saturated heterocycles. The average molecular weight is 566 g/mol. The van der Waals surface area contributed by atoms with Crippen LogP contribution in [-0.2, 0) is 27.4 Å². The smallest absolute Gasteiger partial charge is 0.329 e. The average Bonchev–Trinajstić information content (AvgIpc) is 2.92. The second kappa shape index (κ2) is 15.5. The second-order valence-corrected chi connectivity index (χ2v) is 12.4. The van der Waals surface area contributed by atoms with Crippen LogP contribution in [-0.4, -0.2) is 41.6 Å². The highest BCUT2D eigenvalue weighted by Gasteiger charge is 2.31. The van der Waals surface area contributed by atoms with Crippen LogP contribution in [0.15, 0.2) is 54.6 Å². The van der Waals surface area contributed by atoms with E-state index < -0.39 is 29.6 Å². The molecule has 41 heavy (non-hydrogen) atoms. The van der Waals surface area contributed by atoms with Crippen molar-refractivity contribution < 1.29 is 23.9 Å². The Morgan fingerprint density at radius 1 is 0.854 bits per heavy atom. The Balaban J connectivity index is 1.67. The highest BCUT2D eigenvalue weighted by atomic mass is 16.6. The van der Waals surface area contributed by atoms with Crippen molar-refractivity contribution in [2.75, 3.05) is 0 Å². The predicted molar refractivity (Wildman–Crippen MR) is 160 cm³/mol. The highest BCUT2D eigenvalue weighted by Crippen LogP contribution is 2.19. The molecule has 3 rings (SSSR count). The predicted octanol–water partition coefficient (Wildman–Crippen LogP) is 5.68. The van der Waals surface area contributed by atoms with Gasteiger partial charge in [-0.2, -0.15) is 0 Å². The third kappa shape index (κ3) is 11.8. The van der Waals surface area contributed by atoms with Crippen molar-refractivity contribution in [3.63, 3.8) is 0 Å². The first kappa shape index (κ1) is 32.0. The van der Waals surface area contributed by atoms with Crippen LogP contribution >= 0.6 is 0 Å². The number of urea groups is 1. The van der Waals surface area contributed by atoms with E-state index in [1.165, 1.54) is 6.42 Å². The zero-order valence-corrected chi connectivity index (χ0v) is 25.2. The highest BCUT2D eigenvalue weighted by molar-refractivity contribution is 5.90. The second-order valence-electron chi connectivity index (χ2n) is 12.4. The number of hydrogen-bond donors (Lipinski definition) is 3. The van der Waals surface area contributed by atoms with E-state index in [0.29, 0.717) is 18.8 Å². The number of amides is 3. The van der Waals surface area contributed by atoms with E-state index >= 15 is 0 Å². The monoisotopic (exact) mass is 565 g/mol. The third-order valence-electron chi connectivity index (χ3n) is 6.89. The summed E-state index contributed by atoms with van der Waals surface area (Å²) in [4.78, 5) is 39.4. The molecule has 0 heterocycles. The van der Waals surface area contributed by atoms with E-state index in [1.807, 2.05) is 68.4 Å². The van der Waals surface area contributed by atoms with Crippen LogP contribution in [0.25, 0.3) is 0 Å². The SMILES string of the molecule is CC(C)C[C@H](NC(=O)NC1CCCCC1)C(=O)N[C@@H](Cc1ccc(OCc2ccccc2)cc1)C(=O)OC(C)(C)C. The molecule has 224 valence electrons. The van der Waals surface area contributed by atoms with Gasteiger partial charge >= 0.3 is 12.0 Å². The van der Waals surface area contributed by atoms with Crippen molar-refractivity contribution in [3.05, 3.63) is 65.7 Å². The lowest BCUT2D eigenvalue weighted by Crippen LogP contribution is -2.56. The van der Waals surface area contributed by atoms with Gasteiger partial charge in [0.1, 0.15) is 30.0 Å². The molecule has 2 aromatic rings. The van der Waals surface area contributed by atoms with E-state index in [-0.39, 0.29) is 24.4 Å². The molecule has 8 nitrogen and oxygen atoms in total. The summed E-state index contributed by atoms with van der Waals surface area (Å²) in [5.41, 5.74) is 1.20. The lowest BCUT2D eigenvalue weighted by Gasteiger charge is -2.28. The van der Waals surface area contributed by atoms with E-state index in [9.17, 15) is 14.4 Å². The molecule has 1 aliphatic carbocycles. The standard InChI is InChI=1S/C33H47N3O5/c1-23(2)20-28(36-32(39)34-26-14-10-7-11-15-26)30(37)35-29(31(38)41-33(3,4)5)21-24-16-18-27(19-17-24)40-22-25-12-8-6-9-13-25/h6,8-9,12-13,16-19,23,26,28-29H,7,10-11,14-15,20-22H2,1-5H3,(H,35,37)(H2,34,36,39)/t28-,29-/m0/s1. The number of esters is 1. The Hall–Kier alpha value is -3.55. The Bertz CT molecular complexity index is 1110. The molecule has 8 heteroatoms. The van der Waals surface area contributed by atoms with Crippen LogP contribution < -0.4 is 20.7 Å². The first-order chi connectivity index (χ1) is 19.5. The van der Waals surface area contributed by atoms with Gasteiger partial charge in [0.2, 0.25) is 5.91 Å². The lowest BCUT2D eigenvalue weighted by atomic mass is 9.96. The minimum absolute atomic E-state index is 0.126. The van der Waals surface area contributed by atoms with E-state index in [4.69, 9.17) is 9.47 Å². The maximum Gasteiger partial charge on any atom is 0.329 e.